The molecule has 0 radical (unpaired) electrons. The van der Waals surface area contributed by atoms with E-state index >= 15 is 0 Å². The van der Waals surface area contributed by atoms with Crippen molar-refractivity contribution in [2.75, 3.05) is 20.1 Å². The lowest BCUT2D eigenvalue weighted by Gasteiger charge is -2.15. The van der Waals surface area contributed by atoms with Gasteiger partial charge < -0.3 is 10.6 Å². The normalized spacial score (nSPS) is 11.2. The first kappa shape index (κ1) is 13.2. The summed E-state index contributed by atoms with van der Waals surface area (Å²) >= 11 is 5.23. The van der Waals surface area contributed by atoms with Gasteiger partial charge in [0.2, 0.25) is 0 Å². The highest BCUT2D eigenvalue weighted by molar-refractivity contribution is 9.11. The molecule has 0 aromatic carbocycles. The van der Waals surface area contributed by atoms with E-state index in [9.17, 15) is 0 Å². The van der Waals surface area contributed by atoms with E-state index in [-0.39, 0.29) is 0 Å². The van der Waals surface area contributed by atoms with Crippen LogP contribution in [0.4, 0.5) is 0 Å². The van der Waals surface area contributed by atoms with E-state index < -0.39 is 0 Å². The van der Waals surface area contributed by atoms with Gasteiger partial charge in [0, 0.05) is 6.54 Å². The minimum absolute atomic E-state index is 0.821. The summed E-state index contributed by atoms with van der Waals surface area (Å²) in [5, 5.41) is 2.21. The van der Waals surface area contributed by atoms with Crippen LogP contribution in [0.15, 0.2) is 15.2 Å². The first-order valence-electron chi connectivity index (χ1n) is 5.34. The molecule has 15 heavy (non-hydrogen) atoms. The van der Waals surface area contributed by atoms with Crippen molar-refractivity contribution in [2.24, 2.45) is 5.73 Å². The Labute approximate surface area is 105 Å². The molecule has 1 rings (SSSR count). The van der Waals surface area contributed by atoms with E-state index in [0.29, 0.717) is 0 Å². The third-order valence-corrected chi connectivity index (χ3v) is 3.87. The minimum atomic E-state index is 0.821. The molecule has 2 N–H and O–H groups in total. The molecule has 2 nitrogen and oxygen atoms in total. The van der Waals surface area contributed by atoms with Crippen molar-refractivity contribution < 1.29 is 0 Å². The van der Waals surface area contributed by atoms with Crippen LogP contribution in [-0.4, -0.2) is 25.0 Å². The molecule has 0 saturated heterocycles. The molecule has 0 spiro atoms. The van der Waals surface area contributed by atoms with Crippen LogP contribution in [0.1, 0.15) is 24.8 Å². The summed E-state index contributed by atoms with van der Waals surface area (Å²) in [6.45, 7) is 3.03. The molecule has 86 valence electrons. The van der Waals surface area contributed by atoms with E-state index in [2.05, 4.69) is 39.3 Å². The van der Waals surface area contributed by atoms with Crippen LogP contribution in [0.2, 0.25) is 0 Å². The summed E-state index contributed by atoms with van der Waals surface area (Å²) in [5.41, 5.74) is 6.85. The van der Waals surface area contributed by atoms with Crippen LogP contribution in [0.25, 0.3) is 0 Å². The predicted molar refractivity (Wildman–Crippen MR) is 71.3 cm³/mol. The van der Waals surface area contributed by atoms with Gasteiger partial charge in [0.1, 0.15) is 0 Å². The van der Waals surface area contributed by atoms with E-state index in [1.165, 1.54) is 22.2 Å². The second-order valence-corrected chi connectivity index (χ2v) is 6.14. The van der Waals surface area contributed by atoms with Gasteiger partial charge in [-0.3, -0.25) is 0 Å². The van der Waals surface area contributed by atoms with Gasteiger partial charge in [-0.25, -0.2) is 0 Å². The van der Waals surface area contributed by atoms with Crippen LogP contribution >= 0.6 is 27.3 Å². The number of halogens is 1. The predicted octanol–water partition coefficient (Wildman–Crippen LogP) is 3.07. The van der Waals surface area contributed by atoms with E-state index in [1.54, 1.807) is 11.3 Å². The Morgan fingerprint density at radius 1 is 1.40 bits per heavy atom. The Morgan fingerprint density at radius 2 is 2.20 bits per heavy atom. The highest BCUT2D eigenvalue weighted by atomic mass is 79.9. The Kier molecular flexibility index (Phi) is 6.48. The molecular weight excluding hydrogens is 272 g/mol. The van der Waals surface area contributed by atoms with Crippen molar-refractivity contribution in [1.82, 2.24) is 4.90 Å². The zero-order valence-electron chi connectivity index (χ0n) is 9.21. The third kappa shape index (κ3) is 5.66. The summed E-state index contributed by atoms with van der Waals surface area (Å²) in [6, 6.07) is 2.20. The average Bonchev–Trinajstić information content (AvgIpc) is 2.59. The minimum Gasteiger partial charge on any atom is -0.330 e. The van der Waals surface area contributed by atoms with Gasteiger partial charge in [-0.15, -0.1) is 11.3 Å². The van der Waals surface area contributed by atoms with Gasteiger partial charge in [0.25, 0.3) is 0 Å². The molecule has 1 aromatic heterocycles. The topological polar surface area (TPSA) is 29.3 Å². The van der Waals surface area contributed by atoms with Gasteiger partial charge in [-0.05, 0) is 65.9 Å². The average molecular weight is 291 g/mol. The molecule has 0 saturated carbocycles. The molecular formula is C11H19BrN2S. The molecule has 0 amide bonds. The molecule has 1 heterocycles. The molecule has 4 heteroatoms. The number of hydrogen-bond acceptors (Lipinski definition) is 3. The van der Waals surface area contributed by atoms with E-state index in [4.69, 9.17) is 5.73 Å². The maximum Gasteiger partial charge on any atom is 0.0701 e. The van der Waals surface area contributed by atoms with Crippen LogP contribution in [0, 0.1) is 0 Å². The highest BCUT2D eigenvalue weighted by Gasteiger charge is 2.02. The summed E-state index contributed by atoms with van der Waals surface area (Å²) in [5.74, 6) is 0. The maximum absolute atomic E-state index is 5.45. The Balaban J connectivity index is 2.15. The SMILES string of the molecule is CN(CCCCCN)Cc1csc(Br)c1. The fraction of sp³-hybridized carbons (Fsp3) is 0.636. The largest absolute Gasteiger partial charge is 0.330 e. The maximum atomic E-state index is 5.45. The lowest BCUT2D eigenvalue weighted by Crippen LogP contribution is -2.18. The van der Waals surface area contributed by atoms with Crippen molar-refractivity contribution >= 4 is 27.3 Å². The number of unbranched alkanes of at least 4 members (excludes halogenated alkanes) is 2. The van der Waals surface area contributed by atoms with Crippen molar-refractivity contribution in [3.63, 3.8) is 0 Å². The first-order chi connectivity index (χ1) is 7.22. The van der Waals surface area contributed by atoms with E-state index in [0.717, 1.165) is 26.1 Å². The Morgan fingerprint density at radius 3 is 2.80 bits per heavy atom. The monoisotopic (exact) mass is 290 g/mol. The van der Waals surface area contributed by atoms with Crippen molar-refractivity contribution in [2.45, 2.75) is 25.8 Å². The fourth-order valence-corrected chi connectivity index (χ4v) is 2.72. The molecule has 0 fully saturated rings. The second-order valence-electron chi connectivity index (χ2n) is 3.85. The van der Waals surface area contributed by atoms with Crippen molar-refractivity contribution in [3.05, 3.63) is 20.8 Å². The smallest absolute Gasteiger partial charge is 0.0701 e. The molecule has 0 aliphatic rings. The van der Waals surface area contributed by atoms with Gasteiger partial charge in [0.05, 0.1) is 3.79 Å². The van der Waals surface area contributed by atoms with Gasteiger partial charge in [-0.1, -0.05) is 6.42 Å². The quantitative estimate of drug-likeness (QED) is 0.782. The zero-order chi connectivity index (χ0) is 11.1. The number of nitrogens with two attached hydrogens (primary N) is 1. The van der Waals surface area contributed by atoms with Gasteiger partial charge in [0.15, 0.2) is 0 Å². The molecule has 0 aliphatic carbocycles. The van der Waals surface area contributed by atoms with Gasteiger partial charge in [-0.2, -0.15) is 0 Å². The van der Waals surface area contributed by atoms with Crippen molar-refractivity contribution in [3.8, 4) is 0 Å². The summed E-state index contributed by atoms with van der Waals surface area (Å²) in [7, 11) is 2.17. The zero-order valence-corrected chi connectivity index (χ0v) is 11.6. The number of rotatable bonds is 7. The van der Waals surface area contributed by atoms with Crippen LogP contribution in [0.3, 0.4) is 0 Å². The Hall–Kier alpha value is 0.100. The summed E-state index contributed by atoms with van der Waals surface area (Å²) in [6.07, 6.45) is 3.64. The van der Waals surface area contributed by atoms with E-state index in [1.807, 2.05) is 0 Å². The first-order valence-corrected chi connectivity index (χ1v) is 7.01. The van der Waals surface area contributed by atoms with Gasteiger partial charge >= 0.3 is 0 Å². The molecule has 0 atom stereocenters. The lowest BCUT2D eigenvalue weighted by atomic mass is 10.2. The van der Waals surface area contributed by atoms with Crippen LogP contribution in [-0.2, 0) is 6.54 Å². The number of thiophene rings is 1. The summed E-state index contributed by atoms with van der Waals surface area (Å²) in [4.78, 5) is 2.37. The highest BCUT2D eigenvalue weighted by Crippen LogP contribution is 2.21. The van der Waals surface area contributed by atoms with Crippen LogP contribution < -0.4 is 5.73 Å². The number of nitrogens with zero attached hydrogens (tertiary/aromatic N) is 1. The standard InChI is InChI=1S/C11H19BrN2S/c1-14(6-4-2-3-5-13)8-10-7-11(12)15-9-10/h7,9H,2-6,8,13H2,1H3. The molecule has 0 aliphatic heterocycles. The Bertz CT molecular complexity index is 275. The number of hydrogen-bond donors (Lipinski definition) is 1. The fourth-order valence-electron chi connectivity index (χ4n) is 1.52. The summed E-state index contributed by atoms with van der Waals surface area (Å²) < 4.78 is 1.22. The molecule has 1 aromatic rings. The molecule has 0 unspecified atom stereocenters. The van der Waals surface area contributed by atoms with Crippen LogP contribution in [0.5, 0.6) is 0 Å². The second kappa shape index (κ2) is 7.39. The third-order valence-electron chi connectivity index (χ3n) is 2.32. The van der Waals surface area contributed by atoms with Crippen molar-refractivity contribution in [1.29, 1.82) is 0 Å². The lowest BCUT2D eigenvalue weighted by molar-refractivity contribution is 0.318. The molecule has 0 bridgehead atoms.